The maximum atomic E-state index is 10.1. The highest BCUT2D eigenvalue weighted by atomic mass is 79.9. The second-order valence-electron chi connectivity index (χ2n) is 2.88. The standard InChI is InChI=1S/C9H8BrNOS2/c1-5-9(14-4-11-5)8(12)6-2-13-3-7(6)10/h2-4,8,12H,1H3. The van der Waals surface area contributed by atoms with Crippen LogP contribution in [0, 0.1) is 6.92 Å². The number of aryl methyl sites for hydroxylation is 1. The summed E-state index contributed by atoms with van der Waals surface area (Å²) in [4.78, 5) is 5.04. The molecule has 0 amide bonds. The second kappa shape index (κ2) is 4.10. The Hall–Kier alpha value is -0.230. The van der Waals surface area contributed by atoms with Gasteiger partial charge in [-0.2, -0.15) is 11.3 Å². The Morgan fingerprint density at radius 1 is 1.50 bits per heavy atom. The highest BCUT2D eigenvalue weighted by molar-refractivity contribution is 9.10. The molecule has 0 aromatic carbocycles. The van der Waals surface area contributed by atoms with Crippen molar-refractivity contribution in [3.05, 3.63) is 36.9 Å². The average molecular weight is 290 g/mol. The summed E-state index contributed by atoms with van der Waals surface area (Å²) in [7, 11) is 0. The Bertz CT molecular complexity index is 397. The molecule has 0 spiro atoms. The third-order valence-electron chi connectivity index (χ3n) is 1.97. The molecule has 2 nitrogen and oxygen atoms in total. The fourth-order valence-electron chi connectivity index (χ4n) is 1.20. The first-order valence-corrected chi connectivity index (χ1v) is 6.61. The lowest BCUT2D eigenvalue weighted by molar-refractivity contribution is 0.223. The van der Waals surface area contributed by atoms with Crippen molar-refractivity contribution < 1.29 is 5.11 Å². The van der Waals surface area contributed by atoms with Crippen LogP contribution in [-0.2, 0) is 0 Å². The SMILES string of the molecule is Cc1ncsc1C(O)c1cscc1Br. The first kappa shape index (κ1) is 10.3. The van der Waals surface area contributed by atoms with Crippen LogP contribution in [-0.4, -0.2) is 10.1 Å². The van der Waals surface area contributed by atoms with E-state index < -0.39 is 6.10 Å². The van der Waals surface area contributed by atoms with E-state index in [4.69, 9.17) is 0 Å². The number of aromatic nitrogens is 1. The number of hydrogen-bond donors (Lipinski definition) is 1. The predicted molar refractivity (Wildman–Crippen MR) is 62.9 cm³/mol. The molecule has 1 N–H and O–H groups in total. The minimum absolute atomic E-state index is 0.553. The maximum absolute atomic E-state index is 10.1. The third kappa shape index (κ3) is 1.77. The van der Waals surface area contributed by atoms with Crippen molar-refractivity contribution in [2.75, 3.05) is 0 Å². The monoisotopic (exact) mass is 289 g/mol. The minimum atomic E-state index is -0.553. The van der Waals surface area contributed by atoms with Gasteiger partial charge in [0.1, 0.15) is 6.10 Å². The molecule has 1 atom stereocenters. The van der Waals surface area contributed by atoms with Crippen molar-refractivity contribution in [1.82, 2.24) is 4.98 Å². The number of rotatable bonds is 2. The molecule has 0 aliphatic rings. The van der Waals surface area contributed by atoms with Crippen LogP contribution < -0.4 is 0 Å². The van der Waals surface area contributed by atoms with Crippen LogP contribution in [0.2, 0.25) is 0 Å². The third-order valence-corrected chi connectivity index (χ3v) is 4.70. The molecule has 0 saturated carbocycles. The zero-order chi connectivity index (χ0) is 10.1. The molecule has 0 fully saturated rings. The molecule has 0 radical (unpaired) electrons. The summed E-state index contributed by atoms with van der Waals surface area (Å²) in [5, 5.41) is 14.0. The molecule has 0 aliphatic carbocycles. The van der Waals surface area contributed by atoms with E-state index in [0.717, 1.165) is 20.6 Å². The van der Waals surface area contributed by atoms with Crippen LogP contribution in [0.4, 0.5) is 0 Å². The van der Waals surface area contributed by atoms with Crippen LogP contribution in [0.5, 0.6) is 0 Å². The summed E-state index contributed by atoms with van der Waals surface area (Å²) >= 11 is 6.47. The normalized spacial score (nSPS) is 13.1. The Balaban J connectivity index is 2.38. The molecule has 2 heterocycles. The van der Waals surface area contributed by atoms with Crippen LogP contribution in [0.1, 0.15) is 22.2 Å². The van der Waals surface area contributed by atoms with Gasteiger partial charge in [-0.05, 0) is 28.2 Å². The minimum Gasteiger partial charge on any atom is -0.383 e. The summed E-state index contributed by atoms with van der Waals surface area (Å²) in [5.74, 6) is 0. The van der Waals surface area contributed by atoms with E-state index in [9.17, 15) is 5.11 Å². The fraction of sp³-hybridized carbons (Fsp3) is 0.222. The molecule has 5 heteroatoms. The molecular weight excluding hydrogens is 282 g/mol. The van der Waals surface area contributed by atoms with E-state index in [-0.39, 0.29) is 0 Å². The molecule has 2 rings (SSSR count). The fourth-order valence-corrected chi connectivity index (χ4v) is 3.54. The summed E-state index contributed by atoms with van der Waals surface area (Å²) < 4.78 is 0.961. The number of thiazole rings is 1. The Labute approximate surface area is 98.4 Å². The predicted octanol–water partition coefficient (Wildman–Crippen LogP) is 3.36. The van der Waals surface area contributed by atoms with Gasteiger partial charge in [0.15, 0.2) is 0 Å². The van der Waals surface area contributed by atoms with Crippen LogP contribution in [0.25, 0.3) is 0 Å². The molecule has 0 aliphatic heterocycles. The molecule has 74 valence electrons. The van der Waals surface area contributed by atoms with E-state index in [2.05, 4.69) is 20.9 Å². The summed E-state index contributed by atoms with van der Waals surface area (Å²) in [5.41, 5.74) is 3.58. The maximum Gasteiger partial charge on any atom is 0.117 e. The zero-order valence-electron chi connectivity index (χ0n) is 7.40. The van der Waals surface area contributed by atoms with Gasteiger partial charge in [0.25, 0.3) is 0 Å². The Morgan fingerprint density at radius 2 is 2.29 bits per heavy atom. The number of hydrogen-bond acceptors (Lipinski definition) is 4. The smallest absolute Gasteiger partial charge is 0.117 e. The lowest BCUT2D eigenvalue weighted by atomic mass is 10.1. The number of thiophene rings is 1. The van der Waals surface area contributed by atoms with E-state index in [1.54, 1.807) is 16.8 Å². The topological polar surface area (TPSA) is 33.1 Å². The first-order valence-electron chi connectivity index (χ1n) is 3.99. The Kier molecular flexibility index (Phi) is 3.02. The first-order chi connectivity index (χ1) is 6.70. The molecule has 0 saturated heterocycles. The molecular formula is C9H8BrNOS2. The van der Waals surface area contributed by atoms with Crippen molar-refractivity contribution in [3.63, 3.8) is 0 Å². The van der Waals surface area contributed by atoms with Gasteiger partial charge in [0, 0.05) is 15.4 Å². The van der Waals surface area contributed by atoms with E-state index in [0.29, 0.717) is 0 Å². The summed E-state index contributed by atoms with van der Waals surface area (Å²) in [6.45, 7) is 1.91. The number of aliphatic hydroxyl groups excluding tert-OH is 1. The highest BCUT2D eigenvalue weighted by Crippen LogP contribution is 2.34. The van der Waals surface area contributed by atoms with Gasteiger partial charge in [-0.25, -0.2) is 4.98 Å². The summed E-state index contributed by atoms with van der Waals surface area (Å²) in [6, 6.07) is 0. The van der Waals surface area contributed by atoms with Crippen molar-refractivity contribution >= 4 is 38.6 Å². The van der Waals surface area contributed by atoms with Gasteiger partial charge in [-0.15, -0.1) is 11.3 Å². The molecule has 2 aromatic heterocycles. The molecule has 0 bridgehead atoms. The van der Waals surface area contributed by atoms with Crippen molar-refractivity contribution in [1.29, 1.82) is 0 Å². The van der Waals surface area contributed by atoms with Gasteiger partial charge in [0.2, 0.25) is 0 Å². The number of halogens is 1. The highest BCUT2D eigenvalue weighted by Gasteiger charge is 2.18. The quantitative estimate of drug-likeness (QED) is 0.920. The van der Waals surface area contributed by atoms with Crippen LogP contribution in [0.15, 0.2) is 20.7 Å². The summed E-state index contributed by atoms with van der Waals surface area (Å²) in [6.07, 6.45) is -0.553. The molecule has 1 unspecified atom stereocenters. The van der Waals surface area contributed by atoms with E-state index in [1.807, 2.05) is 17.7 Å². The average Bonchev–Trinajstić information content (AvgIpc) is 2.73. The van der Waals surface area contributed by atoms with Gasteiger partial charge < -0.3 is 5.11 Å². The van der Waals surface area contributed by atoms with Crippen molar-refractivity contribution in [2.24, 2.45) is 0 Å². The van der Waals surface area contributed by atoms with Crippen molar-refractivity contribution in [3.8, 4) is 0 Å². The molecule has 2 aromatic rings. The Morgan fingerprint density at radius 3 is 2.79 bits per heavy atom. The van der Waals surface area contributed by atoms with E-state index in [1.165, 1.54) is 11.3 Å². The van der Waals surface area contributed by atoms with Gasteiger partial charge in [-0.3, -0.25) is 0 Å². The van der Waals surface area contributed by atoms with Crippen molar-refractivity contribution in [2.45, 2.75) is 13.0 Å². The lowest BCUT2D eigenvalue weighted by Crippen LogP contribution is -1.98. The zero-order valence-corrected chi connectivity index (χ0v) is 10.6. The van der Waals surface area contributed by atoms with Gasteiger partial charge in [0.05, 0.1) is 16.1 Å². The number of nitrogens with zero attached hydrogens (tertiary/aromatic N) is 1. The van der Waals surface area contributed by atoms with Gasteiger partial charge in [-0.1, -0.05) is 0 Å². The lowest BCUT2D eigenvalue weighted by Gasteiger charge is -2.07. The van der Waals surface area contributed by atoms with Crippen LogP contribution in [0.3, 0.4) is 0 Å². The largest absolute Gasteiger partial charge is 0.383 e. The van der Waals surface area contributed by atoms with Crippen LogP contribution >= 0.6 is 38.6 Å². The molecule has 14 heavy (non-hydrogen) atoms. The van der Waals surface area contributed by atoms with E-state index >= 15 is 0 Å². The van der Waals surface area contributed by atoms with Gasteiger partial charge >= 0.3 is 0 Å². The second-order valence-corrected chi connectivity index (χ2v) is 5.36. The number of aliphatic hydroxyl groups is 1.